The summed E-state index contributed by atoms with van der Waals surface area (Å²) in [6.07, 6.45) is 0. The van der Waals surface area contributed by atoms with E-state index in [9.17, 15) is 32.0 Å². The second kappa shape index (κ2) is 8.97. The molecule has 0 saturated carbocycles. The predicted molar refractivity (Wildman–Crippen MR) is 32.6 cm³/mol. The van der Waals surface area contributed by atoms with Crippen molar-refractivity contribution < 1.29 is 139 Å². The Labute approximate surface area is 178 Å². The van der Waals surface area contributed by atoms with Crippen molar-refractivity contribution in [2.24, 2.45) is 0 Å². The van der Waals surface area contributed by atoms with Gasteiger partial charge in [-0.15, -0.1) is 0 Å². The smallest absolute Gasteiger partial charge is 0.860 e. The molecule has 1 aromatic carbocycles. The zero-order valence-electron chi connectivity index (χ0n) is 8.69. The summed E-state index contributed by atoms with van der Waals surface area (Å²) in [7, 11) is -3.20. The fourth-order valence-electron chi connectivity index (χ4n) is 0.784. The van der Waals surface area contributed by atoms with E-state index in [1.807, 2.05) is 0 Å². The summed E-state index contributed by atoms with van der Waals surface area (Å²) in [5.41, 5.74) is 0. The summed E-state index contributed by atoms with van der Waals surface area (Å²) >= 11 is 0. The van der Waals surface area contributed by atoms with Gasteiger partial charge in [-0.2, -0.15) is 8.78 Å². The van der Waals surface area contributed by atoms with Crippen LogP contribution in [0.3, 0.4) is 0 Å². The third-order valence-corrected chi connectivity index (χ3v) is 1.38. The molecule has 0 unspecified atom stereocenters. The normalized spacial score (nSPS) is 9.12. The van der Waals surface area contributed by atoms with Crippen molar-refractivity contribution in [3.8, 4) is 5.75 Å². The average Bonchev–Trinajstić information content (AvgIpc) is 2.18. The van der Waals surface area contributed by atoms with Crippen molar-refractivity contribution in [2.75, 3.05) is 0 Å². The number of hydrogen-bond donors (Lipinski definition) is 0. The van der Waals surface area contributed by atoms with Gasteiger partial charge < -0.3 is 14.7 Å². The Morgan fingerprint density at radius 2 is 1.00 bits per heavy atom. The SMILES string of the molecule is [K+].[K+].[O-]B([O-])Oc1c(F)c(F)c(F)c(F)c1F. The van der Waals surface area contributed by atoms with Crippen LogP contribution in [0.5, 0.6) is 5.75 Å². The van der Waals surface area contributed by atoms with Gasteiger partial charge in [0.15, 0.2) is 5.75 Å². The van der Waals surface area contributed by atoms with Crippen molar-refractivity contribution in [3.63, 3.8) is 0 Å². The molecule has 0 atom stereocenters. The summed E-state index contributed by atoms with van der Waals surface area (Å²) in [5.74, 6) is -13.6. The van der Waals surface area contributed by atoms with E-state index >= 15 is 0 Å². The molecule has 0 spiro atoms. The molecular formula is C6BF5K2O3. The first-order valence-corrected chi connectivity index (χ1v) is 3.36. The molecule has 0 amide bonds. The molecule has 0 aliphatic carbocycles. The van der Waals surface area contributed by atoms with Crippen LogP contribution in [0.2, 0.25) is 0 Å². The third-order valence-electron chi connectivity index (χ3n) is 1.38. The van der Waals surface area contributed by atoms with E-state index in [0.29, 0.717) is 0 Å². The van der Waals surface area contributed by atoms with Crippen LogP contribution >= 0.6 is 0 Å². The topological polar surface area (TPSA) is 55.3 Å². The molecule has 0 aliphatic rings. The Balaban J connectivity index is 0. The van der Waals surface area contributed by atoms with E-state index in [1.54, 1.807) is 0 Å². The monoisotopic (exact) mass is 304 g/mol. The van der Waals surface area contributed by atoms with E-state index in [4.69, 9.17) is 0 Å². The van der Waals surface area contributed by atoms with Crippen LogP contribution < -0.4 is 117 Å². The van der Waals surface area contributed by atoms with Crippen molar-refractivity contribution in [2.45, 2.75) is 0 Å². The minimum Gasteiger partial charge on any atom is -0.860 e. The molecule has 0 heterocycles. The molecule has 3 nitrogen and oxygen atoms in total. The molecule has 0 bridgehead atoms. The van der Waals surface area contributed by atoms with E-state index < -0.39 is 42.2 Å². The maximum absolute atomic E-state index is 12.6. The average molecular weight is 304 g/mol. The Kier molecular flexibility index (Phi) is 11.2. The van der Waals surface area contributed by atoms with Crippen LogP contribution in [0.25, 0.3) is 0 Å². The maximum atomic E-state index is 12.6. The third kappa shape index (κ3) is 5.08. The van der Waals surface area contributed by atoms with E-state index in [-0.39, 0.29) is 103 Å². The fraction of sp³-hybridized carbons (Fsp3) is 0. The van der Waals surface area contributed by atoms with Crippen LogP contribution in [-0.4, -0.2) is 7.32 Å². The molecule has 0 aliphatic heterocycles. The van der Waals surface area contributed by atoms with Crippen molar-refractivity contribution >= 4 is 7.32 Å². The van der Waals surface area contributed by atoms with E-state index in [0.717, 1.165) is 0 Å². The summed E-state index contributed by atoms with van der Waals surface area (Å²) in [6.45, 7) is 0. The van der Waals surface area contributed by atoms with Gasteiger partial charge in [0.2, 0.25) is 29.1 Å². The molecule has 0 aromatic heterocycles. The fourth-order valence-corrected chi connectivity index (χ4v) is 0.784. The van der Waals surface area contributed by atoms with E-state index in [2.05, 4.69) is 4.65 Å². The summed E-state index contributed by atoms with van der Waals surface area (Å²) in [4.78, 5) is 0. The van der Waals surface area contributed by atoms with Gasteiger partial charge in [0.25, 0.3) is 0 Å². The van der Waals surface area contributed by atoms with Crippen molar-refractivity contribution in [1.82, 2.24) is 0 Å². The van der Waals surface area contributed by atoms with Gasteiger partial charge in [-0.3, -0.25) is 0 Å². The van der Waals surface area contributed by atoms with Crippen molar-refractivity contribution in [3.05, 3.63) is 29.1 Å². The van der Waals surface area contributed by atoms with Crippen LogP contribution in [-0.2, 0) is 0 Å². The number of rotatable bonds is 2. The molecule has 1 rings (SSSR count). The van der Waals surface area contributed by atoms with Gasteiger partial charge in [0.05, 0.1) is 0 Å². The van der Waals surface area contributed by atoms with Gasteiger partial charge in [-0.1, -0.05) is 0 Å². The summed E-state index contributed by atoms with van der Waals surface area (Å²) < 4.78 is 65.9. The Morgan fingerprint density at radius 3 is 1.29 bits per heavy atom. The molecule has 0 fully saturated rings. The molecule has 17 heavy (non-hydrogen) atoms. The first-order valence-electron chi connectivity index (χ1n) is 3.36. The van der Waals surface area contributed by atoms with Crippen LogP contribution in [0.1, 0.15) is 0 Å². The predicted octanol–water partition coefficient (Wildman–Crippen LogP) is -6.53. The van der Waals surface area contributed by atoms with E-state index in [1.165, 1.54) is 0 Å². The Bertz CT molecular complexity index is 377. The Hall–Kier alpha value is 1.93. The van der Waals surface area contributed by atoms with Gasteiger partial charge in [-0.25, -0.2) is 13.2 Å². The maximum Gasteiger partial charge on any atom is 1.00 e. The summed E-state index contributed by atoms with van der Waals surface area (Å²) in [6, 6.07) is 0. The number of benzene rings is 1. The number of hydrogen-bond acceptors (Lipinski definition) is 3. The molecular weight excluding hydrogens is 304 g/mol. The Morgan fingerprint density at radius 1 is 0.706 bits per heavy atom. The standard InChI is InChI=1S/C6BF5O3.2K/c8-1-2(9)4(11)6(15-7(13)14)5(12)3(1)10;;/q-2;2*+1. The molecule has 0 N–H and O–H groups in total. The largest absolute Gasteiger partial charge is 1.00 e. The molecule has 11 heteroatoms. The van der Waals surface area contributed by atoms with Gasteiger partial charge in [-0.05, 0) is 0 Å². The summed E-state index contributed by atoms with van der Waals surface area (Å²) in [5, 5.41) is 19.7. The molecule has 82 valence electrons. The van der Waals surface area contributed by atoms with Crippen LogP contribution in [0.4, 0.5) is 22.0 Å². The molecule has 1 aromatic rings. The molecule has 0 saturated heterocycles. The van der Waals surface area contributed by atoms with Gasteiger partial charge >= 0.3 is 103 Å². The van der Waals surface area contributed by atoms with Gasteiger partial charge in [0, 0.05) is 0 Å². The second-order valence-corrected chi connectivity index (χ2v) is 2.31. The second-order valence-electron chi connectivity index (χ2n) is 2.31. The number of halogens is 5. The van der Waals surface area contributed by atoms with Crippen molar-refractivity contribution in [1.29, 1.82) is 0 Å². The minimum absolute atomic E-state index is 0. The first-order chi connectivity index (χ1) is 6.86. The first kappa shape index (κ1) is 21.2. The van der Waals surface area contributed by atoms with Gasteiger partial charge in [0.1, 0.15) is 7.32 Å². The van der Waals surface area contributed by atoms with Crippen LogP contribution in [0.15, 0.2) is 0 Å². The zero-order chi connectivity index (χ0) is 11.7. The molecule has 0 radical (unpaired) electrons. The quantitative estimate of drug-likeness (QED) is 0.236. The zero-order valence-corrected chi connectivity index (χ0v) is 14.9. The minimum atomic E-state index is -3.20. The van der Waals surface area contributed by atoms with Crippen LogP contribution in [0, 0.1) is 29.1 Å².